The van der Waals surface area contributed by atoms with E-state index in [4.69, 9.17) is 22.4 Å². The van der Waals surface area contributed by atoms with Gasteiger partial charge in [0.05, 0.1) is 10.6 Å². The van der Waals surface area contributed by atoms with Crippen LogP contribution in [0.5, 0.6) is 0 Å². The molecule has 21 heavy (non-hydrogen) atoms. The van der Waals surface area contributed by atoms with Crippen molar-refractivity contribution >= 4 is 29.2 Å². The number of hydrogen-bond donors (Lipinski definition) is 2. The van der Waals surface area contributed by atoms with Crippen LogP contribution >= 0.6 is 11.6 Å². The Morgan fingerprint density at radius 2 is 2.19 bits per heavy atom. The number of nitrogens with zero attached hydrogens (tertiary/aromatic N) is 1. The summed E-state index contributed by atoms with van der Waals surface area (Å²) in [5.74, 6) is -0.907. The van der Waals surface area contributed by atoms with Gasteiger partial charge in [-0.05, 0) is 43.4 Å². The summed E-state index contributed by atoms with van der Waals surface area (Å²) in [5, 5.41) is 9.13. The zero-order valence-corrected chi connectivity index (χ0v) is 12.5. The Bertz CT molecular complexity index is 548. The van der Waals surface area contributed by atoms with Crippen molar-refractivity contribution in [1.29, 1.82) is 0 Å². The molecule has 0 spiro atoms. The van der Waals surface area contributed by atoms with Gasteiger partial charge in [0.2, 0.25) is 5.91 Å². The average Bonchev–Trinajstić information content (AvgIpc) is 2.45. The van der Waals surface area contributed by atoms with Gasteiger partial charge in [-0.15, -0.1) is 0 Å². The molecule has 114 valence electrons. The minimum atomic E-state index is -0.749. The van der Waals surface area contributed by atoms with Crippen molar-refractivity contribution in [2.24, 2.45) is 11.7 Å². The predicted octanol–water partition coefficient (Wildman–Crippen LogP) is 2.52. The molecule has 0 aromatic heterocycles. The highest BCUT2D eigenvalue weighted by Gasteiger charge is 2.21. The number of aliphatic carboxylic acids is 1. The van der Waals surface area contributed by atoms with E-state index in [1.54, 1.807) is 12.1 Å². The van der Waals surface area contributed by atoms with E-state index in [1.165, 1.54) is 0 Å². The van der Waals surface area contributed by atoms with Crippen LogP contribution in [0, 0.1) is 5.92 Å². The number of halogens is 1. The quantitative estimate of drug-likeness (QED) is 0.875. The number of hydrogen-bond acceptors (Lipinski definition) is 3. The lowest BCUT2D eigenvalue weighted by molar-refractivity contribution is -0.137. The maximum Gasteiger partial charge on any atom is 0.303 e. The molecule has 0 bridgehead atoms. The molecule has 1 atom stereocenters. The monoisotopic (exact) mass is 310 g/mol. The Balaban J connectivity index is 2.05. The number of carbonyl (C=O) groups is 2. The third kappa shape index (κ3) is 4.11. The van der Waals surface area contributed by atoms with Gasteiger partial charge >= 0.3 is 5.97 Å². The van der Waals surface area contributed by atoms with Crippen LogP contribution < -0.4 is 10.6 Å². The van der Waals surface area contributed by atoms with Crippen molar-refractivity contribution in [3.05, 3.63) is 28.8 Å². The van der Waals surface area contributed by atoms with Gasteiger partial charge in [0, 0.05) is 25.2 Å². The second-order valence-corrected chi connectivity index (χ2v) is 5.82. The second kappa shape index (κ2) is 6.80. The van der Waals surface area contributed by atoms with Crippen molar-refractivity contribution in [2.75, 3.05) is 18.0 Å². The van der Waals surface area contributed by atoms with E-state index < -0.39 is 11.9 Å². The number of benzene rings is 1. The highest BCUT2D eigenvalue weighted by Crippen LogP contribution is 2.29. The molecule has 6 heteroatoms. The molecule has 1 saturated heterocycles. The minimum Gasteiger partial charge on any atom is -0.481 e. The first-order chi connectivity index (χ1) is 9.97. The molecule has 1 fully saturated rings. The van der Waals surface area contributed by atoms with Gasteiger partial charge in [0.1, 0.15) is 0 Å². The number of rotatable bonds is 5. The summed E-state index contributed by atoms with van der Waals surface area (Å²) < 4.78 is 0. The molecule has 1 aromatic rings. The Morgan fingerprint density at radius 1 is 1.43 bits per heavy atom. The molecule has 0 radical (unpaired) electrons. The van der Waals surface area contributed by atoms with E-state index in [2.05, 4.69) is 4.90 Å². The van der Waals surface area contributed by atoms with Crippen LogP contribution in [0.3, 0.4) is 0 Å². The number of carboxylic acid groups (broad SMARTS) is 1. The zero-order valence-electron chi connectivity index (χ0n) is 11.7. The van der Waals surface area contributed by atoms with Crippen molar-refractivity contribution < 1.29 is 14.7 Å². The fraction of sp³-hybridized carbons (Fsp3) is 0.467. The first-order valence-electron chi connectivity index (χ1n) is 7.03. The van der Waals surface area contributed by atoms with E-state index in [9.17, 15) is 9.59 Å². The molecule has 5 nitrogen and oxygen atoms in total. The molecule has 3 N–H and O–H groups in total. The molecule has 1 aliphatic heterocycles. The maximum absolute atomic E-state index is 11.2. The Kier molecular flexibility index (Phi) is 5.07. The largest absolute Gasteiger partial charge is 0.481 e. The summed E-state index contributed by atoms with van der Waals surface area (Å²) in [5.41, 5.74) is 6.51. The number of carbonyl (C=O) groups excluding carboxylic acids is 1. The predicted molar refractivity (Wildman–Crippen MR) is 81.8 cm³/mol. The summed E-state index contributed by atoms with van der Waals surface area (Å²) in [7, 11) is 0. The van der Waals surface area contributed by atoms with E-state index in [0.717, 1.165) is 31.6 Å². The zero-order chi connectivity index (χ0) is 15.4. The fourth-order valence-corrected chi connectivity index (χ4v) is 3.03. The summed E-state index contributed by atoms with van der Waals surface area (Å²) in [6, 6.07) is 5.23. The molecule has 0 saturated carbocycles. The minimum absolute atomic E-state index is 0.208. The summed E-state index contributed by atoms with van der Waals surface area (Å²) >= 11 is 6.08. The van der Waals surface area contributed by atoms with Gasteiger partial charge in [-0.25, -0.2) is 0 Å². The van der Waals surface area contributed by atoms with Crippen LogP contribution in [0.2, 0.25) is 5.02 Å². The topological polar surface area (TPSA) is 83.6 Å². The first kappa shape index (κ1) is 15.6. The highest BCUT2D eigenvalue weighted by molar-refractivity contribution is 6.34. The third-order valence-corrected chi connectivity index (χ3v) is 4.18. The molecule has 1 heterocycles. The van der Waals surface area contributed by atoms with E-state index in [0.29, 0.717) is 22.9 Å². The summed E-state index contributed by atoms with van der Waals surface area (Å²) in [6.45, 7) is 1.73. The normalized spacial score (nSPS) is 18.5. The SMILES string of the molecule is NC(=O)c1ccc(N2CCCC(CCC(=O)O)C2)cc1Cl. The number of carboxylic acids is 1. The van der Waals surface area contributed by atoms with Crippen LogP contribution in [0.4, 0.5) is 5.69 Å². The lowest BCUT2D eigenvalue weighted by Crippen LogP contribution is -2.35. The molecule has 1 aromatic carbocycles. The van der Waals surface area contributed by atoms with Gasteiger partial charge in [0.25, 0.3) is 0 Å². The standard InChI is InChI=1S/C15H19ClN2O3/c16-13-8-11(4-5-12(13)15(17)21)18-7-1-2-10(9-18)3-6-14(19)20/h4-5,8,10H,1-3,6-7,9H2,(H2,17,21)(H,19,20). The molecule has 0 aliphatic carbocycles. The molecule has 1 amide bonds. The number of nitrogens with two attached hydrogens (primary N) is 1. The van der Waals surface area contributed by atoms with Crippen molar-refractivity contribution in [3.63, 3.8) is 0 Å². The number of anilines is 1. The van der Waals surface area contributed by atoms with Crippen molar-refractivity contribution in [3.8, 4) is 0 Å². The maximum atomic E-state index is 11.2. The van der Waals surface area contributed by atoms with Crippen LogP contribution in [-0.4, -0.2) is 30.1 Å². The molecule has 1 aliphatic rings. The fourth-order valence-electron chi connectivity index (χ4n) is 2.76. The molecule has 2 rings (SSSR count). The van der Waals surface area contributed by atoms with E-state index in [1.807, 2.05) is 6.07 Å². The van der Waals surface area contributed by atoms with Gasteiger partial charge in [0.15, 0.2) is 0 Å². The number of primary amides is 1. The van der Waals surface area contributed by atoms with Crippen LogP contribution in [0.1, 0.15) is 36.0 Å². The second-order valence-electron chi connectivity index (χ2n) is 5.42. The van der Waals surface area contributed by atoms with Crippen LogP contribution in [-0.2, 0) is 4.79 Å². The number of piperidine rings is 1. The number of amides is 1. The first-order valence-corrected chi connectivity index (χ1v) is 7.41. The Morgan fingerprint density at radius 3 is 2.81 bits per heavy atom. The van der Waals surface area contributed by atoms with Gasteiger partial charge in [-0.3, -0.25) is 9.59 Å². The van der Waals surface area contributed by atoms with Gasteiger partial charge < -0.3 is 15.7 Å². The van der Waals surface area contributed by atoms with E-state index >= 15 is 0 Å². The Labute approximate surface area is 128 Å². The third-order valence-electron chi connectivity index (χ3n) is 3.87. The Hall–Kier alpha value is -1.75. The van der Waals surface area contributed by atoms with E-state index in [-0.39, 0.29) is 6.42 Å². The molecular formula is C15H19ClN2O3. The summed E-state index contributed by atoms with van der Waals surface area (Å²) in [6.07, 6.45) is 2.98. The average molecular weight is 311 g/mol. The lowest BCUT2D eigenvalue weighted by atomic mass is 9.93. The molecular weight excluding hydrogens is 292 g/mol. The lowest BCUT2D eigenvalue weighted by Gasteiger charge is -2.34. The van der Waals surface area contributed by atoms with Crippen molar-refractivity contribution in [1.82, 2.24) is 0 Å². The van der Waals surface area contributed by atoms with Crippen LogP contribution in [0.25, 0.3) is 0 Å². The van der Waals surface area contributed by atoms with Gasteiger partial charge in [-0.1, -0.05) is 11.6 Å². The summed E-state index contributed by atoms with van der Waals surface area (Å²) in [4.78, 5) is 24.0. The molecule has 1 unspecified atom stereocenters. The highest BCUT2D eigenvalue weighted by atomic mass is 35.5. The van der Waals surface area contributed by atoms with Crippen LogP contribution in [0.15, 0.2) is 18.2 Å². The smallest absolute Gasteiger partial charge is 0.303 e. The van der Waals surface area contributed by atoms with Crippen molar-refractivity contribution in [2.45, 2.75) is 25.7 Å². The van der Waals surface area contributed by atoms with Gasteiger partial charge in [-0.2, -0.15) is 0 Å².